The second kappa shape index (κ2) is 6.99. The van der Waals surface area contributed by atoms with Crippen molar-refractivity contribution in [1.82, 2.24) is 0 Å². The van der Waals surface area contributed by atoms with Gasteiger partial charge in [0.1, 0.15) is 0 Å². The predicted octanol–water partition coefficient (Wildman–Crippen LogP) is 2.02. The standard InChI is InChI=1S/C9H19O5P/c1-3-5-7-9(15(11,12)13)14-8(10)6-4-2/h9H,3-7H2,1-2H3,(H2,11,12,13). The highest BCUT2D eigenvalue weighted by Gasteiger charge is 2.31. The lowest BCUT2D eigenvalue weighted by atomic mass is 10.2. The predicted molar refractivity (Wildman–Crippen MR) is 56.4 cm³/mol. The van der Waals surface area contributed by atoms with Crippen LogP contribution in [0.5, 0.6) is 0 Å². The van der Waals surface area contributed by atoms with Crippen LogP contribution in [0.3, 0.4) is 0 Å². The molecule has 15 heavy (non-hydrogen) atoms. The molecule has 0 saturated heterocycles. The van der Waals surface area contributed by atoms with Gasteiger partial charge in [0.05, 0.1) is 0 Å². The van der Waals surface area contributed by atoms with Crippen LogP contribution in [0.1, 0.15) is 46.0 Å². The van der Waals surface area contributed by atoms with Gasteiger partial charge in [-0.25, -0.2) is 0 Å². The zero-order valence-electron chi connectivity index (χ0n) is 9.18. The molecule has 0 rings (SSSR count). The maximum atomic E-state index is 11.1. The van der Waals surface area contributed by atoms with Gasteiger partial charge in [-0.3, -0.25) is 9.36 Å². The van der Waals surface area contributed by atoms with E-state index in [4.69, 9.17) is 14.5 Å². The number of esters is 1. The van der Waals surface area contributed by atoms with Gasteiger partial charge in [-0.15, -0.1) is 0 Å². The first-order chi connectivity index (χ1) is 6.91. The molecule has 0 saturated carbocycles. The van der Waals surface area contributed by atoms with Crippen LogP contribution in [0.4, 0.5) is 0 Å². The summed E-state index contributed by atoms with van der Waals surface area (Å²) < 4.78 is 15.7. The molecule has 0 radical (unpaired) electrons. The largest absolute Gasteiger partial charge is 0.449 e. The normalized spacial score (nSPS) is 13.6. The van der Waals surface area contributed by atoms with Crippen molar-refractivity contribution >= 4 is 13.6 Å². The number of hydrogen-bond donors (Lipinski definition) is 2. The second-order valence-corrected chi connectivity index (χ2v) is 5.18. The molecule has 0 amide bonds. The van der Waals surface area contributed by atoms with Crippen LogP contribution in [-0.4, -0.2) is 21.6 Å². The molecule has 0 aliphatic carbocycles. The molecule has 0 aromatic rings. The van der Waals surface area contributed by atoms with Crippen molar-refractivity contribution in [2.75, 3.05) is 0 Å². The van der Waals surface area contributed by atoms with Crippen LogP contribution in [-0.2, 0) is 14.1 Å². The summed E-state index contributed by atoms with van der Waals surface area (Å²) in [6.45, 7) is 3.71. The molecule has 0 heterocycles. The molecule has 0 aromatic heterocycles. The minimum Gasteiger partial charge on any atom is -0.449 e. The van der Waals surface area contributed by atoms with Crippen LogP contribution >= 0.6 is 7.60 Å². The van der Waals surface area contributed by atoms with Crippen molar-refractivity contribution in [2.45, 2.75) is 51.8 Å². The van der Waals surface area contributed by atoms with Crippen LogP contribution < -0.4 is 0 Å². The van der Waals surface area contributed by atoms with Crippen LogP contribution in [0.15, 0.2) is 0 Å². The van der Waals surface area contributed by atoms with E-state index in [1.807, 2.05) is 6.92 Å². The molecule has 0 aliphatic heterocycles. The van der Waals surface area contributed by atoms with Gasteiger partial charge in [0.25, 0.3) is 0 Å². The van der Waals surface area contributed by atoms with E-state index in [1.54, 1.807) is 6.92 Å². The molecule has 0 bridgehead atoms. The van der Waals surface area contributed by atoms with Gasteiger partial charge in [-0.2, -0.15) is 0 Å². The molecule has 6 heteroatoms. The first-order valence-electron chi connectivity index (χ1n) is 5.16. The molecule has 2 N–H and O–H groups in total. The highest BCUT2D eigenvalue weighted by Crippen LogP contribution is 2.44. The molecule has 90 valence electrons. The minimum atomic E-state index is -4.33. The van der Waals surface area contributed by atoms with E-state index < -0.39 is 19.4 Å². The zero-order chi connectivity index (χ0) is 11.9. The number of ether oxygens (including phenoxy) is 1. The lowest BCUT2D eigenvalue weighted by molar-refractivity contribution is -0.146. The van der Waals surface area contributed by atoms with Crippen molar-refractivity contribution in [1.29, 1.82) is 0 Å². The minimum absolute atomic E-state index is 0.197. The quantitative estimate of drug-likeness (QED) is 0.523. The zero-order valence-corrected chi connectivity index (χ0v) is 10.1. The van der Waals surface area contributed by atoms with E-state index in [0.717, 1.165) is 6.42 Å². The first kappa shape index (κ1) is 14.6. The molecular weight excluding hydrogens is 219 g/mol. The molecule has 0 spiro atoms. The summed E-state index contributed by atoms with van der Waals surface area (Å²) in [6.07, 6.45) is 2.47. The number of unbranched alkanes of at least 4 members (excludes halogenated alkanes) is 1. The lowest BCUT2D eigenvalue weighted by Gasteiger charge is -2.18. The first-order valence-corrected chi connectivity index (χ1v) is 6.84. The van der Waals surface area contributed by atoms with Crippen LogP contribution in [0.2, 0.25) is 0 Å². The van der Waals surface area contributed by atoms with Gasteiger partial charge in [0, 0.05) is 6.42 Å². The highest BCUT2D eigenvalue weighted by atomic mass is 31.2. The average Bonchev–Trinajstić information content (AvgIpc) is 2.10. The van der Waals surface area contributed by atoms with Crippen molar-refractivity contribution in [3.05, 3.63) is 0 Å². The summed E-state index contributed by atoms with van der Waals surface area (Å²) in [5.74, 6) is -1.81. The Hall–Kier alpha value is -0.380. The summed E-state index contributed by atoms with van der Waals surface area (Å²) in [4.78, 5) is 29.0. The summed E-state index contributed by atoms with van der Waals surface area (Å²) in [7, 11) is -4.33. The van der Waals surface area contributed by atoms with Gasteiger partial charge in [-0.05, 0) is 19.3 Å². The molecule has 0 aromatic carbocycles. The second-order valence-electron chi connectivity index (χ2n) is 3.43. The maximum absolute atomic E-state index is 11.1. The Morgan fingerprint density at radius 2 is 1.93 bits per heavy atom. The maximum Gasteiger partial charge on any atom is 0.365 e. The van der Waals surface area contributed by atoms with E-state index in [0.29, 0.717) is 12.8 Å². The topological polar surface area (TPSA) is 83.8 Å². The fourth-order valence-electron chi connectivity index (χ4n) is 1.09. The van der Waals surface area contributed by atoms with E-state index in [2.05, 4.69) is 0 Å². The molecule has 5 nitrogen and oxygen atoms in total. The van der Waals surface area contributed by atoms with E-state index in [9.17, 15) is 9.36 Å². The van der Waals surface area contributed by atoms with Gasteiger partial charge >= 0.3 is 13.6 Å². The highest BCUT2D eigenvalue weighted by molar-refractivity contribution is 7.52. The van der Waals surface area contributed by atoms with E-state index in [1.165, 1.54) is 0 Å². The van der Waals surface area contributed by atoms with Gasteiger partial charge in [-0.1, -0.05) is 20.3 Å². The van der Waals surface area contributed by atoms with Crippen molar-refractivity contribution in [3.8, 4) is 0 Å². The third-order valence-electron chi connectivity index (χ3n) is 1.90. The van der Waals surface area contributed by atoms with Crippen molar-refractivity contribution < 1.29 is 23.9 Å². The van der Waals surface area contributed by atoms with Crippen molar-refractivity contribution in [2.24, 2.45) is 0 Å². The Morgan fingerprint density at radius 1 is 1.33 bits per heavy atom. The Balaban J connectivity index is 4.25. The van der Waals surface area contributed by atoms with Crippen LogP contribution in [0, 0.1) is 0 Å². The van der Waals surface area contributed by atoms with Crippen LogP contribution in [0.25, 0.3) is 0 Å². The molecule has 0 fully saturated rings. The fourth-order valence-corrected chi connectivity index (χ4v) is 1.86. The molecular formula is C9H19O5P. The molecule has 1 atom stereocenters. The average molecular weight is 238 g/mol. The molecule has 0 aliphatic rings. The summed E-state index contributed by atoms with van der Waals surface area (Å²) >= 11 is 0. The van der Waals surface area contributed by atoms with E-state index in [-0.39, 0.29) is 12.8 Å². The summed E-state index contributed by atoms with van der Waals surface area (Å²) in [5, 5.41) is 0. The number of carbonyl (C=O) groups is 1. The number of carbonyl (C=O) groups excluding carboxylic acids is 1. The Labute approximate surface area is 90.0 Å². The summed E-state index contributed by atoms with van der Waals surface area (Å²) in [5.41, 5.74) is 0. The SMILES string of the molecule is CCCCC(OC(=O)CCC)P(=O)(O)O. The van der Waals surface area contributed by atoms with Crippen molar-refractivity contribution in [3.63, 3.8) is 0 Å². The van der Waals surface area contributed by atoms with Gasteiger partial charge in [0.2, 0.25) is 5.85 Å². The van der Waals surface area contributed by atoms with E-state index >= 15 is 0 Å². The van der Waals surface area contributed by atoms with Gasteiger partial charge < -0.3 is 14.5 Å². The number of rotatable bonds is 7. The molecule has 1 unspecified atom stereocenters. The Bertz CT molecular complexity index is 235. The Morgan fingerprint density at radius 3 is 2.33 bits per heavy atom. The summed E-state index contributed by atoms with van der Waals surface area (Å²) in [6, 6.07) is 0. The monoisotopic (exact) mass is 238 g/mol. The third kappa shape index (κ3) is 6.66. The third-order valence-corrected chi connectivity index (χ3v) is 3.02. The Kier molecular flexibility index (Phi) is 6.81. The lowest BCUT2D eigenvalue weighted by Crippen LogP contribution is -2.18. The van der Waals surface area contributed by atoms with Gasteiger partial charge in [0.15, 0.2) is 0 Å². The number of hydrogen-bond acceptors (Lipinski definition) is 3. The fraction of sp³-hybridized carbons (Fsp3) is 0.889. The smallest absolute Gasteiger partial charge is 0.365 e.